The first-order chi connectivity index (χ1) is 10.5. The number of nitrogens with zero attached hydrogens (tertiary/aromatic N) is 1. The van der Waals surface area contributed by atoms with E-state index >= 15 is 0 Å². The lowest BCUT2D eigenvalue weighted by molar-refractivity contribution is 0.0752. The van der Waals surface area contributed by atoms with Crippen molar-refractivity contribution in [3.05, 3.63) is 47.4 Å². The summed E-state index contributed by atoms with van der Waals surface area (Å²) in [6.07, 6.45) is 1.98. The fourth-order valence-electron chi connectivity index (χ4n) is 2.08. The summed E-state index contributed by atoms with van der Waals surface area (Å²) in [5.74, 6) is 2.12. The van der Waals surface area contributed by atoms with Gasteiger partial charge >= 0.3 is 0 Å². The predicted octanol–water partition coefficient (Wildman–Crippen LogP) is 3.13. The molecule has 0 aliphatic carbocycles. The van der Waals surface area contributed by atoms with Crippen molar-refractivity contribution in [2.45, 2.75) is 12.3 Å². The second kappa shape index (κ2) is 7.26. The van der Waals surface area contributed by atoms with E-state index in [1.54, 1.807) is 41.9 Å². The Bertz CT molecular complexity index is 653. The van der Waals surface area contributed by atoms with Crippen LogP contribution in [0.5, 0.6) is 11.5 Å². The van der Waals surface area contributed by atoms with Crippen molar-refractivity contribution in [2.75, 3.05) is 20.4 Å². The molecule has 0 aliphatic rings. The van der Waals surface area contributed by atoms with Crippen molar-refractivity contribution in [2.24, 2.45) is 0 Å². The molecule has 0 bridgehead atoms. The second-order valence-corrected chi connectivity index (χ2v) is 5.73. The number of phenolic OH excluding ortho intramolecular Hbond substituents is 1. The van der Waals surface area contributed by atoms with Crippen LogP contribution in [0.3, 0.4) is 0 Å². The molecule has 1 N–H and O–H groups in total. The van der Waals surface area contributed by atoms with Crippen LogP contribution >= 0.6 is 11.8 Å². The summed E-state index contributed by atoms with van der Waals surface area (Å²) in [6, 6.07) is 8.58. The van der Waals surface area contributed by atoms with E-state index in [-0.39, 0.29) is 11.7 Å². The number of carbonyl (C=O) groups is 1. The lowest BCUT2D eigenvalue weighted by Crippen LogP contribution is -2.25. The van der Waals surface area contributed by atoms with Crippen LogP contribution in [-0.4, -0.2) is 36.3 Å². The third kappa shape index (κ3) is 3.76. The highest BCUT2D eigenvalue weighted by atomic mass is 32.2. The van der Waals surface area contributed by atoms with Crippen LogP contribution < -0.4 is 4.74 Å². The number of benzene rings is 1. The average Bonchev–Trinajstić information content (AvgIpc) is 2.95. The Morgan fingerprint density at radius 2 is 2.14 bits per heavy atom. The van der Waals surface area contributed by atoms with E-state index in [2.05, 4.69) is 0 Å². The Morgan fingerprint density at radius 3 is 2.77 bits per heavy atom. The maximum Gasteiger partial charge on any atom is 0.289 e. The molecule has 5 nitrogen and oxygen atoms in total. The summed E-state index contributed by atoms with van der Waals surface area (Å²) < 4.78 is 10.5. The van der Waals surface area contributed by atoms with E-state index in [0.717, 1.165) is 17.1 Å². The number of ether oxygens (including phenoxy) is 1. The molecule has 1 heterocycles. The van der Waals surface area contributed by atoms with Gasteiger partial charge in [0.1, 0.15) is 5.76 Å². The SMILES string of the molecule is COc1ccc(CN(C)C(=O)c2ccc(CSC)o2)cc1O. The van der Waals surface area contributed by atoms with Gasteiger partial charge in [0.05, 0.1) is 12.9 Å². The summed E-state index contributed by atoms with van der Waals surface area (Å²) in [5, 5.41) is 9.77. The third-order valence-corrected chi connectivity index (χ3v) is 3.74. The van der Waals surface area contributed by atoms with E-state index < -0.39 is 0 Å². The van der Waals surface area contributed by atoms with Gasteiger partial charge in [-0.05, 0) is 36.1 Å². The van der Waals surface area contributed by atoms with Gasteiger partial charge in [0.15, 0.2) is 17.3 Å². The van der Waals surface area contributed by atoms with E-state index in [4.69, 9.17) is 9.15 Å². The van der Waals surface area contributed by atoms with Crippen molar-refractivity contribution in [3.63, 3.8) is 0 Å². The molecule has 0 fully saturated rings. The fraction of sp³-hybridized carbons (Fsp3) is 0.312. The molecule has 2 rings (SSSR count). The zero-order valence-corrected chi connectivity index (χ0v) is 13.6. The Kier molecular flexibility index (Phi) is 5.38. The standard InChI is InChI=1S/C16H19NO4S/c1-17(9-11-4-6-14(20-2)13(18)8-11)16(19)15-7-5-12(21-15)10-22-3/h4-8,18H,9-10H2,1-3H3. The summed E-state index contributed by atoms with van der Waals surface area (Å²) in [7, 11) is 3.19. The van der Waals surface area contributed by atoms with Crippen LogP contribution in [0.15, 0.2) is 34.7 Å². The smallest absolute Gasteiger partial charge is 0.289 e. The molecule has 0 unspecified atom stereocenters. The van der Waals surface area contributed by atoms with Gasteiger partial charge in [-0.3, -0.25) is 4.79 Å². The van der Waals surface area contributed by atoms with Gasteiger partial charge in [-0.1, -0.05) is 6.07 Å². The Hall–Kier alpha value is -2.08. The average molecular weight is 321 g/mol. The molecular weight excluding hydrogens is 302 g/mol. The first-order valence-electron chi connectivity index (χ1n) is 6.74. The molecule has 2 aromatic rings. The van der Waals surface area contributed by atoms with Crippen LogP contribution in [0, 0.1) is 0 Å². The summed E-state index contributed by atoms with van der Waals surface area (Å²) >= 11 is 1.64. The van der Waals surface area contributed by atoms with Crippen molar-refractivity contribution >= 4 is 17.7 Å². The zero-order valence-electron chi connectivity index (χ0n) is 12.8. The molecule has 22 heavy (non-hydrogen) atoms. The van der Waals surface area contributed by atoms with Crippen molar-refractivity contribution in [1.29, 1.82) is 0 Å². The molecule has 118 valence electrons. The molecule has 0 saturated carbocycles. The Balaban J connectivity index is 2.05. The summed E-state index contributed by atoms with van der Waals surface area (Å²) in [5.41, 5.74) is 0.810. The number of amides is 1. The summed E-state index contributed by atoms with van der Waals surface area (Å²) in [4.78, 5) is 13.9. The number of phenols is 1. The quantitative estimate of drug-likeness (QED) is 0.885. The minimum Gasteiger partial charge on any atom is -0.504 e. The molecule has 0 saturated heterocycles. The highest BCUT2D eigenvalue weighted by Crippen LogP contribution is 2.26. The van der Waals surface area contributed by atoms with Crippen molar-refractivity contribution < 1.29 is 19.1 Å². The van der Waals surface area contributed by atoms with E-state index in [1.165, 1.54) is 7.11 Å². The zero-order chi connectivity index (χ0) is 16.1. The molecule has 1 aromatic heterocycles. The molecule has 1 aromatic carbocycles. The number of furan rings is 1. The van der Waals surface area contributed by atoms with Crippen molar-refractivity contribution in [1.82, 2.24) is 4.90 Å². The van der Waals surface area contributed by atoms with Gasteiger partial charge in [0, 0.05) is 13.6 Å². The first-order valence-corrected chi connectivity index (χ1v) is 8.13. The molecular formula is C16H19NO4S. The third-order valence-electron chi connectivity index (χ3n) is 3.17. The topological polar surface area (TPSA) is 62.9 Å². The van der Waals surface area contributed by atoms with Gasteiger partial charge in [-0.25, -0.2) is 0 Å². The number of rotatable bonds is 6. The number of thioether (sulfide) groups is 1. The van der Waals surface area contributed by atoms with E-state index in [1.807, 2.05) is 18.4 Å². The van der Waals surface area contributed by atoms with E-state index in [0.29, 0.717) is 18.1 Å². The number of hydrogen-bond acceptors (Lipinski definition) is 5. The van der Waals surface area contributed by atoms with Crippen LogP contribution in [-0.2, 0) is 12.3 Å². The van der Waals surface area contributed by atoms with Crippen LogP contribution in [0.4, 0.5) is 0 Å². The molecule has 0 aliphatic heterocycles. The molecule has 0 radical (unpaired) electrons. The Morgan fingerprint density at radius 1 is 1.36 bits per heavy atom. The van der Waals surface area contributed by atoms with Gasteiger partial charge in [0.2, 0.25) is 0 Å². The van der Waals surface area contributed by atoms with Crippen molar-refractivity contribution in [3.8, 4) is 11.5 Å². The molecule has 0 atom stereocenters. The van der Waals surface area contributed by atoms with Gasteiger partial charge < -0.3 is 19.2 Å². The van der Waals surface area contributed by atoms with Crippen LogP contribution in [0.25, 0.3) is 0 Å². The monoisotopic (exact) mass is 321 g/mol. The van der Waals surface area contributed by atoms with Gasteiger partial charge in [0.25, 0.3) is 5.91 Å². The molecule has 0 spiro atoms. The minimum atomic E-state index is -0.192. The van der Waals surface area contributed by atoms with E-state index in [9.17, 15) is 9.90 Å². The lowest BCUT2D eigenvalue weighted by Gasteiger charge is -2.16. The van der Waals surface area contributed by atoms with Gasteiger partial charge in [-0.2, -0.15) is 11.8 Å². The fourth-order valence-corrected chi connectivity index (χ4v) is 2.52. The number of methoxy groups -OCH3 is 1. The highest BCUT2D eigenvalue weighted by Gasteiger charge is 2.16. The number of aromatic hydroxyl groups is 1. The maximum atomic E-state index is 12.3. The second-order valence-electron chi connectivity index (χ2n) is 4.87. The normalized spacial score (nSPS) is 10.5. The number of carbonyl (C=O) groups excluding carboxylic acids is 1. The first kappa shape index (κ1) is 16.3. The lowest BCUT2D eigenvalue weighted by atomic mass is 10.2. The number of hydrogen-bond donors (Lipinski definition) is 1. The summed E-state index contributed by atoms with van der Waals surface area (Å²) in [6.45, 7) is 0.370. The van der Waals surface area contributed by atoms with Crippen LogP contribution in [0.1, 0.15) is 21.9 Å². The molecule has 6 heteroatoms. The predicted molar refractivity (Wildman–Crippen MR) is 86.4 cm³/mol. The van der Waals surface area contributed by atoms with Gasteiger partial charge in [-0.15, -0.1) is 0 Å². The largest absolute Gasteiger partial charge is 0.504 e. The minimum absolute atomic E-state index is 0.0566. The van der Waals surface area contributed by atoms with Crippen LogP contribution in [0.2, 0.25) is 0 Å². The highest BCUT2D eigenvalue weighted by molar-refractivity contribution is 7.97. The molecule has 1 amide bonds. The maximum absolute atomic E-state index is 12.3. The Labute approximate surface area is 133 Å².